The zero-order chi connectivity index (χ0) is 16.2. The molecule has 0 saturated carbocycles. The van der Waals surface area contributed by atoms with Gasteiger partial charge in [-0.05, 0) is 49.6 Å². The van der Waals surface area contributed by atoms with E-state index in [1.165, 1.54) is 5.56 Å². The number of halogens is 1. The van der Waals surface area contributed by atoms with Gasteiger partial charge in [-0.25, -0.2) is 0 Å². The van der Waals surface area contributed by atoms with Gasteiger partial charge in [-0.3, -0.25) is 4.79 Å². The third kappa shape index (κ3) is 3.75. The molecule has 1 saturated heterocycles. The van der Waals surface area contributed by atoms with Gasteiger partial charge in [-0.15, -0.1) is 0 Å². The maximum Gasteiger partial charge on any atom is 0.263 e. The fraction of sp³-hybridized carbons (Fsp3) is 0.316. The molecule has 4 heteroatoms. The Bertz CT molecular complexity index is 657. The summed E-state index contributed by atoms with van der Waals surface area (Å²) in [6.45, 7) is 2.62. The molecule has 1 heterocycles. The van der Waals surface area contributed by atoms with Crippen LogP contribution in [0.25, 0.3) is 0 Å². The quantitative estimate of drug-likeness (QED) is 0.784. The molecule has 3 nitrogen and oxygen atoms in total. The molecule has 1 aliphatic heterocycles. The highest BCUT2D eigenvalue weighted by Gasteiger charge is 2.33. The molecule has 2 aromatic carbocycles. The molecule has 2 unspecified atom stereocenters. The van der Waals surface area contributed by atoms with E-state index in [0.717, 1.165) is 23.9 Å². The number of rotatable bonds is 4. The van der Waals surface area contributed by atoms with E-state index in [1.807, 2.05) is 54.3 Å². The van der Waals surface area contributed by atoms with Crippen LogP contribution in [0.4, 0.5) is 0 Å². The molecule has 2 aromatic rings. The fourth-order valence-electron chi connectivity index (χ4n) is 3.05. The van der Waals surface area contributed by atoms with E-state index in [2.05, 4.69) is 28.1 Å². The average molecular weight is 374 g/mol. The van der Waals surface area contributed by atoms with Crippen LogP contribution < -0.4 is 4.74 Å². The lowest BCUT2D eigenvalue weighted by molar-refractivity contribution is -0.138. The molecule has 23 heavy (non-hydrogen) atoms. The third-order valence-electron chi connectivity index (χ3n) is 4.19. The molecule has 0 N–H and O–H groups in total. The maximum atomic E-state index is 12.8. The van der Waals surface area contributed by atoms with E-state index in [0.29, 0.717) is 5.75 Å². The van der Waals surface area contributed by atoms with Gasteiger partial charge < -0.3 is 9.64 Å². The first kappa shape index (κ1) is 16.1. The summed E-state index contributed by atoms with van der Waals surface area (Å²) in [4.78, 5) is 14.7. The van der Waals surface area contributed by atoms with Crippen molar-refractivity contribution in [2.45, 2.75) is 31.9 Å². The lowest BCUT2D eigenvalue weighted by Crippen LogP contribution is -2.40. The van der Waals surface area contributed by atoms with Crippen molar-refractivity contribution in [2.75, 3.05) is 6.54 Å². The summed E-state index contributed by atoms with van der Waals surface area (Å²) in [5.74, 6) is 0.767. The van der Waals surface area contributed by atoms with Crippen LogP contribution >= 0.6 is 15.9 Å². The van der Waals surface area contributed by atoms with Gasteiger partial charge in [0, 0.05) is 11.0 Å². The van der Waals surface area contributed by atoms with E-state index < -0.39 is 6.10 Å². The van der Waals surface area contributed by atoms with Crippen molar-refractivity contribution in [2.24, 2.45) is 0 Å². The second-order valence-electron chi connectivity index (χ2n) is 5.81. The van der Waals surface area contributed by atoms with Gasteiger partial charge in [-0.1, -0.05) is 46.3 Å². The predicted molar refractivity (Wildman–Crippen MR) is 94.4 cm³/mol. The van der Waals surface area contributed by atoms with Crippen LogP contribution in [0.1, 0.15) is 31.4 Å². The van der Waals surface area contributed by atoms with Crippen LogP contribution in [0.3, 0.4) is 0 Å². The molecule has 0 radical (unpaired) electrons. The summed E-state index contributed by atoms with van der Waals surface area (Å²) in [5.41, 5.74) is 1.20. The Morgan fingerprint density at radius 3 is 2.57 bits per heavy atom. The largest absolute Gasteiger partial charge is 0.481 e. The summed E-state index contributed by atoms with van der Waals surface area (Å²) < 4.78 is 6.81. The highest BCUT2D eigenvalue weighted by Crippen LogP contribution is 2.32. The summed E-state index contributed by atoms with van der Waals surface area (Å²) >= 11 is 3.40. The number of ether oxygens (including phenoxy) is 1. The smallest absolute Gasteiger partial charge is 0.263 e. The SMILES string of the molecule is CC(Oc1ccc(Br)cc1)C(=O)N1CCCC1c1ccccc1. The summed E-state index contributed by atoms with van der Waals surface area (Å²) in [6, 6.07) is 18.0. The number of hydrogen-bond donors (Lipinski definition) is 0. The molecule has 0 spiro atoms. The minimum absolute atomic E-state index is 0.0549. The van der Waals surface area contributed by atoms with Gasteiger partial charge in [0.2, 0.25) is 0 Å². The van der Waals surface area contributed by atoms with Crippen molar-refractivity contribution in [1.29, 1.82) is 0 Å². The van der Waals surface area contributed by atoms with Crippen LogP contribution in [0.2, 0.25) is 0 Å². The van der Waals surface area contributed by atoms with Crippen LogP contribution in [0.15, 0.2) is 59.1 Å². The average Bonchev–Trinajstić information content (AvgIpc) is 3.06. The Balaban J connectivity index is 1.70. The first-order chi connectivity index (χ1) is 11.1. The first-order valence-corrected chi connectivity index (χ1v) is 8.72. The van der Waals surface area contributed by atoms with Crippen molar-refractivity contribution in [3.8, 4) is 5.75 Å². The normalized spacial score (nSPS) is 18.7. The van der Waals surface area contributed by atoms with Crippen LogP contribution in [-0.2, 0) is 4.79 Å². The van der Waals surface area contributed by atoms with Crippen molar-refractivity contribution >= 4 is 21.8 Å². The Hall–Kier alpha value is -1.81. The Morgan fingerprint density at radius 2 is 1.87 bits per heavy atom. The molecule has 1 fully saturated rings. The number of benzene rings is 2. The molecule has 1 amide bonds. The summed E-state index contributed by atoms with van der Waals surface area (Å²) in [6.07, 6.45) is 1.57. The standard InChI is InChI=1S/C19H20BrNO2/c1-14(23-17-11-9-16(20)10-12-17)19(22)21-13-5-8-18(21)15-6-3-2-4-7-15/h2-4,6-7,9-12,14,18H,5,8,13H2,1H3. The molecular weight excluding hydrogens is 354 g/mol. The Morgan fingerprint density at radius 1 is 1.17 bits per heavy atom. The zero-order valence-electron chi connectivity index (χ0n) is 13.1. The maximum absolute atomic E-state index is 12.8. The van der Waals surface area contributed by atoms with Gasteiger partial charge >= 0.3 is 0 Å². The molecule has 2 atom stereocenters. The van der Waals surface area contributed by atoms with Gasteiger partial charge in [0.25, 0.3) is 5.91 Å². The second kappa shape index (κ2) is 7.18. The molecule has 0 aliphatic carbocycles. The van der Waals surface area contributed by atoms with Crippen LogP contribution in [0.5, 0.6) is 5.75 Å². The summed E-state index contributed by atoms with van der Waals surface area (Å²) in [5, 5.41) is 0. The molecule has 120 valence electrons. The molecule has 3 rings (SSSR count). The minimum atomic E-state index is -0.486. The van der Waals surface area contributed by atoms with Gasteiger partial charge in [-0.2, -0.15) is 0 Å². The molecule has 0 bridgehead atoms. The number of likely N-dealkylation sites (tertiary alicyclic amines) is 1. The van der Waals surface area contributed by atoms with Crippen molar-refractivity contribution in [3.63, 3.8) is 0 Å². The number of amides is 1. The zero-order valence-corrected chi connectivity index (χ0v) is 14.7. The fourth-order valence-corrected chi connectivity index (χ4v) is 3.32. The topological polar surface area (TPSA) is 29.5 Å². The predicted octanol–water partition coefficient (Wildman–Crippen LogP) is 4.58. The second-order valence-corrected chi connectivity index (χ2v) is 6.73. The van der Waals surface area contributed by atoms with Crippen LogP contribution in [0, 0.1) is 0 Å². The molecular formula is C19H20BrNO2. The van der Waals surface area contributed by atoms with E-state index in [9.17, 15) is 4.79 Å². The highest BCUT2D eigenvalue weighted by atomic mass is 79.9. The molecule has 1 aliphatic rings. The number of nitrogens with zero attached hydrogens (tertiary/aromatic N) is 1. The number of carbonyl (C=O) groups is 1. The van der Waals surface area contributed by atoms with E-state index >= 15 is 0 Å². The minimum Gasteiger partial charge on any atom is -0.481 e. The lowest BCUT2D eigenvalue weighted by Gasteiger charge is -2.28. The van der Waals surface area contributed by atoms with Crippen molar-refractivity contribution < 1.29 is 9.53 Å². The molecule has 0 aromatic heterocycles. The monoisotopic (exact) mass is 373 g/mol. The number of hydrogen-bond acceptors (Lipinski definition) is 2. The van der Waals surface area contributed by atoms with Gasteiger partial charge in [0.05, 0.1) is 6.04 Å². The first-order valence-electron chi connectivity index (χ1n) is 7.93. The van der Waals surface area contributed by atoms with Crippen LogP contribution in [-0.4, -0.2) is 23.5 Å². The van der Waals surface area contributed by atoms with Crippen molar-refractivity contribution in [3.05, 3.63) is 64.6 Å². The van der Waals surface area contributed by atoms with E-state index in [4.69, 9.17) is 4.74 Å². The number of carbonyl (C=O) groups excluding carboxylic acids is 1. The lowest BCUT2D eigenvalue weighted by atomic mass is 10.0. The highest BCUT2D eigenvalue weighted by molar-refractivity contribution is 9.10. The third-order valence-corrected chi connectivity index (χ3v) is 4.72. The Kier molecular flexibility index (Phi) is 5.01. The van der Waals surface area contributed by atoms with Crippen molar-refractivity contribution in [1.82, 2.24) is 4.90 Å². The summed E-state index contributed by atoms with van der Waals surface area (Å²) in [7, 11) is 0. The van der Waals surface area contributed by atoms with E-state index in [-0.39, 0.29) is 11.9 Å². The van der Waals surface area contributed by atoms with Gasteiger partial charge in [0.15, 0.2) is 6.10 Å². The van der Waals surface area contributed by atoms with Gasteiger partial charge in [0.1, 0.15) is 5.75 Å². The van der Waals surface area contributed by atoms with E-state index in [1.54, 1.807) is 0 Å². The Labute approximate surface area is 145 Å².